The minimum atomic E-state index is -3.71. The van der Waals surface area contributed by atoms with Crippen LogP contribution in [0, 0.1) is 11.8 Å². The highest BCUT2D eigenvalue weighted by molar-refractivity contribution is 7.89. The molecule has 1 fully saturated rings. The van der Waals surface area contributed by atoms with Crippen LogP contribution in [0.5, 0.6) is 5.75 Å². The minimum absolute atomic E-state index is 0.0197. The normalized spacial score (nSPS) is 26.6. The first-order chi connectivity index (χ1) is 11.1. The van der Waals surface area contributed by atoms with Gasteiger partial charge in [0, 0.05) is 19.5 Å². The molecule has 0 spiro atoms. The van der Waals surface area contributed by atoms with Crippen molar-refractivity contribution in [2.75, 3.05) is 13.1 Å². The number of benzene rings is 1. The van der Waals surface area contributed by atoms with Gasteiger partial charge in [-0.1, -0.05) is 6.92 Å². The second-order valence-corrected chi connectivity index (χ2v) is 9.44. The van der Waals surface area contributed by atoms with Crippen LogP contribution in [0.2, 0.25) is 0 Å². The molecule has 3 rings (SSSR count). The highest BCUT2D eigenvalue weighted by Crippen LogP contribution is 2.37. The van der Waals surface area contributed by atoms with Gasteiger partial charge in [0.05, 0.1) is 10.8 Å². The number of hydrogen-bond acceptors (Lipinski definition) is 4. The predicted molar refractivity (Wildman–Crippen MR) is 88.5 cm³/mol. The maximum Gasteiger partial charge on any atom is 0.307 e. The molecular formula is C17H23NO5S. The van der Waals surface area contributed by atoms with Gasteiger partial charge < -0.3 is 9.84 Å². The topological polar surface area (TPSA) is 83.9 Å². The van der Waals surface area contributed by atoms with Crippen LogP contribution in [0.4, 0.5) is 0 Å². The third-order valence-electron chi connectivity index (χ3n) is 4.65. The van der Waals surface area contributed by atoms with Gasteiger partial charge in [0.15, 0.2) is 0 Å². The van der Waals surface area contributed by atoms with Crippen LogP contribution in [-0.4, -0.2) is 42.5 Å². The van der Waals surface area contributed by atoms with E-state index in [0.29, 0.717) is 19.4 Å². The van der Waals surface area contributed by atoms with E-state index in [9.17, 15) is 18.3 Å². The molecule has 6 nitrogen and oxygen atoms in total. The number of piperidine rings is 1. The van der Waals surface area contributed by atoms with Gasteiger partial charge in [-0.2, -0.15) is 4.31 Å². The summed E-state index contributed by atoms with van der Waals surface area (Å²) in [6.07, 6.45) is 1.16. The lowest BCUT2D eigenvalue weighted by Gasteiger charge is -2.33. The van der Waals surface area contributed by atoms with E-state index in [0.717, 1.165) is 11.3 Å². The van der Waals surface area contributed by atoms with Crippen molar-refractivity contribution < 1.29 is 23.1 Å². The average Bonchev–Trinajstić information content (AvgIpc) is 2.79. The number of rotatable bonds is 3. The molecule has 1 N–H and O–H groups in total. The number of aliphatic carboxylic acids is 1. The number of carbonyl (C=O) groups is 1. The molecule has 1 saturated heterocycles. The summed E-state index contributed by atoms with van der Waals surface area (Å²) >= 11 is 0. The third-order valence-corrected chi connectivity index (χ3v) is 6.48. The van der Waals surface area contributed by atoms with Gasteiger partial charge >= 0.3 is 5.97 Å². The van der Waals surface area contributed by atoms with Crippen molar-refractivity contribution >= 4 is 16.0 Å². The van der Waals surface area contributed by atoms with Crippen molar-refractivity contribution in [3.63, 3.8) is 0 Å². The molecule has 7 heteroatoms. The smallest absolute Gasteiger partial charge is 0.307 e. The Labute approximate surface area is 142 Å². The summed E-state index contributed by atoms with van der Waals surface area (Å²) in [5, 5.41) is 9.26. The Balaban J connectivity index is 1.90. The van der Waals surface area contributed by atoms with Crippen molar-refractivity contribution in [2.45, 2.75) is 44.1 Å². The van der Waals surface area contributed by atoms with E-state index in [-0.39, 0.29) is 23.0 Å². The Morgan fingerprint density at radius 2 is 2.04 bits per heavy atom. The molecule has 0 aliphatic carbocycles. The van der Waals surface area contributed by atoms with E-state index in [1.807, 2.05) is 20.8 Å². The lowest BCUT2D eigenvalue weighted by atomic mass is 9.92. The molecular weight excluding hydrogens is 330 g/mol. The number of fused-ring (bicyclic) bond motifs is 1. The van der Waals surface area contributed by atoms with Gasteiger partial charge in [-0.3, -0.25) is 4.79 Å². The van der Waals surface area contributed by atoms with Crippen molar-refractivity contribution in [1.82, 2.24) is 4.31 Å². The van der Waals surface area contributed by atoms with Crippen molar-refractivity contribution in [1.29, 1.82) is 0 Å². The van der Waals surface area contributed by atoms with E-state index in [2.05, 4.69) is 0 Å². The van der Waals surface area contributed by atoms with Crippen LogP contribution in [0.3, 0.4) is 0 Å². The minimum Gasteiger partial charge on any atom is -0.487 e. The first kappa shape index (κ1) is 17.2. The number of nitrogens with zero attached hydrogens (tertiary/aromatic N) is 1. The Hall–Kier alpha value is -1.60. The molecule has 0 radical (unpaired) electrons. The molecule has 0 bridgehead atoms. The van der Waals surface area contributed by atoms with E-state index in [1.54, 1.807) is 18.2 Å². The van der Waals surface area contributed by atoms with Gasteiger partial charge in [0.1, 0.15) is 11.4 Å². The zero-order valence-corrected chi connectivity index (χ0v) is 15.0. The quantitative estimate of drug-likeness (QED) is 0.900. The lowest BCUT2D eigenvalue weighted by molar-refractivity contribution is -0.143. The molecule has 0 saturated carbocycles. The van der Waals surface area contributed by atoms with Crippen LogP contribution in [0.15, 0.2) is 23.1 Å². The largest absolute Gasteiger partial charge is 0.487 e. The van der Waals surface area contributed by atoms with Crippen LogP contribution in [0.1, 0.15) is 32.8 Å². The van der Waals surface area contributed by atoms with Gasteiger partial charge in [0.25, 0.3) is 0 Å². The molecule has 24 heavy (non-hydrogen) atoms. The highest BCUT2D eigenvalue weighted by atomic mass is 32.2. The van der Waals surface area contributed by atoms with Gasteiger partial charge in [-0.15, -0.1) is 0 Å². The van der Waals surface area contributed by atoms with Gasteiger partial charge in [0.2, 0.25) is 10.0 Å². The number of ether oxygens (including phenoxy) is 1. The molecule has 2 aliphatic heterocycles. The molecule has 1 aromatic rings. The number of hydrogen-bond donors (Lipinski definition) is 1. The number of sulfonamides is 1. The molecule has 2 heterocycles. The van der Waals surface area contributed by atoms with Crippen LogP contribution in [0.25, 0.3) is 0 Å². The fraction of sp³-hybridized carbons (Fsp3) is 0.588. The molecule has 1 aromatic carbocycles. The van der Waals surface area contributed by atoms with E-state index in [4.69, 9.17) is 4.74 Å². The van der Waals surface area contributed by atoms with Crippen LogP contribution < -0.4 is 4.74 Å². The predicted octanol–water partition coefficient (Wildman–Crippen LogP) is 2.13. The monoisotopic (exact) mass is 353 g/mol. The highest BCUT2D eigenvalue weighted by Gasteiger charge is 2.37. The molecule has 2 unspecified atom stereocenters. The first-order valence-electron chi connectivity index (χ1n) is 8.13. The molecule has 0 amide bonds. The van der Waals surface area contributed by atoms with Gasteiger partial charge in [-0.05, 0) is 49.9 Å². The zero-order valence-electron chi connectivity index (χ0n) is 14.2. The maximum atomic E-state index is 13.0. The summed E-state index contributed by atoms with van der Waals surface area (Å²) < 4.78 is 33.0. The fourth-order valence-electron chi connectivity index (χ4n) is 3.57. The summed E-state index contributed by atoms with van der Waals surface area (Å²) in [6.45, 7) is 6.19. The molecule has 2 aliphatic rings. The maximum absolute atomic E-state index is 13.0. The number of carboxylic acids is 1. The fourth-order valence-corrected chi connectivity index (χ4v) is 5.23. The summed E-state index contributed by atoms with van der Waals surface area (Å²) in [5.74, 6) is -0.855. The summed E-state index contributed by atoms with van der Waals surface area (Å²) in [4.78, 5) is 11.5. The third kappa shape index (κ3) is 3.15. The van der Waals surface area contributed by atoms with E-state index in [1.165, 1.54) is 4.31 Å². The summed E-state index contributed by atoms with van der Waals surface area (Å²) in [7, 11) is -3.71. The van der Waals surface area contributed by atoms with Crippen LogP contribution in [-0.2, 0) is 21.2 Å². The SMILES string of the molecule is CC1CC(C(=O)O)CN(S(=O)(=O)c2ccc3c(c2)CC(C)(C)O3)C1. The summed E-state index contributed by atoms with van der Waals surface area (Å²) in [5.41, 5.74) is 0.541. The van der Waals surface area contributed by atoms with Crippen molar-refractivity contribution in [3.8, 4) is 5.75 Å². The summed E-state index contributed by atoms with van der Waals surface area (Å²) in [6, 6.07) is 4.90. The Morgan fingerprint density at radius 3 is 2.71 bits per heavy atom. The van der Waals surface area contributed by atoms with Crippen LogP contribution >= 0.6 is 0 Å². The first-order valence-corrected chi connectivity index (χ1v) is 9.57. The standard InChI is InChI=1S/C17H23NO5S/c1-11-6-13(16(19)20)10-18(9-11)24(21,22)14-4-5-15-12(7-14)8-17(2,3)23-15/h4-5,7,11,13H,6,8-10H2,1-3H3,(H,19,20). The Kier molecular flexibility index (Phi) is 4.12. The second-order valence-electron chi connectivity index (χ2n) is 7.51. The average molecular weight is 353 g/mol. The number of carboxylic acid groups (broad SMARTS) is 1. The molecule has 0 aromatic heterocycles. The van der Waals surface area contributed by atoms with E-state index >= 15 is 0 Å². The lowest BCUT2D eigenvalue weighted by Crippen LogP contribution is -2.45. The van der Waals surface area contributed by atoms with Crippen molar-refractivity contribution in [3.05, 3.63) is 23.8 Å². The second kappa shape index (κ2) is 5.74. The Bertz CT molecular complexity index is 771. The van der Waals surface area contributed by atoms with E-state index < -0.39 is 21.9 Å². The van der Waals surface area contributed by atoms with Crippen molar-refractivity contribution in [2.24, 2.45) is 11.8 Å². The van der Waals surface area contributed by atoms with Gasteiger partial charge in [-0.25, -0.2) is 8.42 Å². The molecule has 2 atom stereocenters. The molecule has 132 valence electrons. The zero-order chi connectivity index (χ0) is 17.7. The Morgan fingerprint density at radius 1 is 1.33 bits per heavy atom.